The van der Waals surface area contributed by atoms with Crippen LogP contribution in [0.5, 0.6) is 0 Å². The van der Waals surface area contributed by atoms with Crippen LogP contribution in [-0.2, 0) is 21.7 Å². The molecule has 0 rings (SSSR count). The van der Waals surface area contributed by atoms with Gasteiger partial charge in [-0.15, -0.1) is 0 Å². The fourth-order valence-corrected chi connectivity index (χ4v) is 0.158. The number of aliphatic hydroxyl groups is 4. The first-order valence-electron chi connectivity index (χ1n) is 6.26. The summed E-state index contributed by atoms with van der Waals surface area (Å²) in [4.78, 5) is 0. The Labute approximate surface area is 128 Å². The van der Waals surface area contributed by atoms with Crippen molar-refractivity contribution in [3.8, 4) is 0 Å². The molecule has 0 amide bonds. The first-order valence-corrected chi connectivity index (χ1v) is 6.26. The average molecular weight is 302 g/mol. The molecule has 4 nitrogen and oxygen atoms in total. The number of hydrogen-bond donors (Lipinski definition) is 4. The molecule has 4 N–H and O–H groups in total. The van der Waals surface area contributed by atoms with Gasteiger partial charge in [-0.1, -0.05) is 13.3 Å². The van der Waals surface area contributed by atoms with E-state index in [9.17, 15) is 0 Å². The maximum absolute atomic E-state index is 8.07. The normalized spacial score (nSPS) is 8.33. The monoisotopic (exact) mass is 302 g/mol. The van der Waals surface area contributed by atoms with Crippen molar-refractivity contribution in [1.82, 2.24) is 0 Å². The second-order valence-corrected chi connectivity index (χ2v) is 4.36. The molecule has 0 aromatic carbocycles. The van der Waals surface area contributed by atoms with E-state index >= 15 is 0 Å². The molecule has 0 saturated heterocycles. The minimum absolute atomic E-state index is 0. The molecule has 0 aliphatic heterocycles. The van der Waals surface area contributed by atoms with E-state index in [-0.39, 0.29) is 40.0 Å². The Morgan fingerprint density at radius 1 is 0.722 bits per heavy atom. The van der Waals surface area contributed by atoms with Crippen LogP contribution in [0, 0.1) is 0 Å². The summed E-state index contributed by atoms with van der Waals surface area (Å²) in [5.41, 5.74) is 0. The summed E-state index contributed by atoms with van der Waals surface area (Å²) in [6.45, 7) is 12.7. The van der Waals surface area contributed by atoms with Crippen molar-refractivity contribution in [2.75, 3.05) is 6.61 Å². The van der Waals surface area contributed by atoms with E-state index in [4.69, 9.17) is 20.4 Å². The third kappa shape index (κ3) is 614. The van der Waals surface area contributed by atoms with Gasteiger partial charge in [0.2, 0.25) is 0 Å². The molecule has 0 heterocycles. The van der Waals surface area contributed by atoms with Gasteiger partial charge < -0.3 is 20.4 Å². The standard InChI is InChI=1S/C4H10O.3C3H8O.Ti/c1-2-3-4-5;3*1-3(2)4;/h5H,2-4H2,1H3;3*3-4H,1-2H3;. The van der Waals surface area contributed by atoms with Crippen molar-refractivity contribution < 1.29 is 42.1 Å². The van der Waals surface area contributed by atoms with Crippen LogP contribution in [0.3, 0.4) is 0 Å². The average Bonchev–Trinajstić information content (AvgIpc) is 2.01. The van der Waals surface area contributed by atoms with Crippen LogP contribution in [0.1, 0.15) is 61.3 Å². The smallest absolute Gasteiger partial charge is 0.0483 e. The maximum atomic E-state index is 8.07. The number of hydrogen-bond acceptors (Lipinski definition) is 4. The summed E-state index contributed by atoms with van der Waals surface area (Å²) >= 11 is 0. The predicted molar refractivity (Wildman–Crippen MR) is 74.1 cm³/mol. The number of unbranched alkanes of at least 4 members (excludes halogenated alkanes) is 1. The van der Waals surface area contributed by atoms with Crippen molar-refractivity contribution >= 4 is 0 Å². The molecule has 0 aromatic heterocycles. The molecule has 0 saturated carbocycles. The molecule has 0 radical (unpaired) electrons. The van der Waals surface area contributed by atoms with Gasteiger partial charge in [0, 0.05) is 46.6 Å². The van der Waals surface area contributed by atoms with Crippen molar-refractivity contribution in [3.63, 3.8) is 0 Å². The summed E-state index contributed by atoms with van der Waals surface area (Å²) in [5, 5.41) is 32.2. The molecule has 114 valence electrons. The van der Waals surface area contributed by atoms with Crippen LogP contribution in [0.4, 0.5) is 0 Å². The van der Waals surface area contributed by atoms with Crippen LogP contribution >= 0.6 is 0 Å². The molecule has 0 unspecified atom stereocenters. The topological polar surface area (TPSA) is 80.9 Å². The zero-order chi connectivity index (χ0) is 14.9. The van der Waals surface area contributed by atoms with E-state index < -0.39 is 0 Å². The predicted octanol–water partition coefficient (Wildman–Crippen LogP) is 1.94. The zero-order valence-corrected chi connectivity index (χ0v) is 14.7. The van der Waals surface area contributed by atoms with Crippen LogP contribution < -0.4 is 0 Å². The maximum Gasteiger partial charge on any atom is 0.0483 e. The van der Waals surface area contributed by atoms with E-state index in [1.54, 1.807) is 41.5 Å². The molecule has 0 aliphatic carbocycles. The molecule has 18 heavy (non-hydrogen) atoms. The Hall–Kier alpha value is 0.554. The molecule has 0 bridgehead atoms. The van der Waals surface area contributed by atoms with Crippen LogP contribution in [0.2, 0.25) is 0 Å². The zero-order valence-electron chi connectivity index (χ0n) is 13.1. The van der Waals surface area contributed by atoms with Crippen molar-refractivity contribution in [3.05, 3.63) is 0 Å². The van der Waals surface area contributed by atoms with Gasteiger partial charge in [-0.3, -0.25) is 0 Å². The molecule has 5 heteroatoms. The largest absolute Gasteiger partial charge is 0.396 e. The SMILES string of the molecule is CC(C)O.CC(C)O.CC(C)O.CCCCO.[Ti]. The van der Waals surface area contributed by atoms with Crippen LogP contribution in [0.25, 0.3) is 0 Å². The summed E-state index contributed by atoms with van der Waals surface area (Å²) in [5.74, 6) is 0. The number of aliphatic hydroxyl groups excluding tert-OH is 4. The van der Waals surface area contributed by atoms with Gasteiger partial charge in [0.25, 0.3) is 0 Å². The molecular weight excluding hydrogens is 268 g/mol. The second kappa shape index (κ2) is 30.5. The minimum atomic E-state index is -0.167. The molecule has 0 aromatic rings. The van der Waals surface area contributed by atoms with Gasteiger partial charge >= 0.3 is 0 Å². The Kier molecular flexibility index (Phi) is 52.8. The Morgan fingerprint density at radius 3 is 0.889 bits per heavy atom. The Balaban J connectivity index is -0.0000000412. The quantitative estimate of drug-likeness (QED) is 0.588. The van der Waals surface area contributed by atoms with Crippen LogP contribution in [-0.4, -0.2) is 45.3 Å². The summed E-state index contributed by atoms with van der Waals surface area (Å²) in [7, 11) is 0. The second-order valence-electron chi connectivity index (χ2n) is 4.36. The first-order chi connectivity index (χ1) is 7.61. The summed E-state index contributed by atoms with van der Waals surface area (Å²) in [6, 6.07) is 0. The van der Waals surface area contributed by atoms with Crippen molar-refractivity contribution in [1.29, 1.82) is 0 Å². The fraction of sp³-hybridized carbons (Fsp3) is 1.00. The molecule has 0 atom stereocenters. The van der Waals surface area contributed by atoms with E-state index in [0.29, 0.717) is 6.61 Å². The van der Waals surface area contributed by atoms with Gasteiger partial charge in [-0.25, -0.2) is 0 Å². The Bertz CT molecular complexity index is 74.5. The Morgan fingerprint density at radius 2 is 0.889 bits per heavy atom. The number of rotatable bonds is 2. The molecule has 0 fully saturated rings. The first kappa shape index (κ1) is 31.1. The third-order valence-corrected chi connectivity index (χ3v) is 0.512. The van der Waals surface area contributed by atoms with Crippen LogP contribution in [0.15, 0.2) is 0 Å². The van der Waals surface area contributed by atoms with E-state index in [1.165, 1.54) is 0 Å². The van der Waals surface area contributed by atoms with Gasteiger partial charge in [0.1, 0.15) is 0 Å². The molecular formula is C13H34O4Ti. The van der Waals surface area contributed by atoms with Gasteiger partial charge in [-0.05, 0) is 48.0 Å². The molecule has 0 spiro atoms. The van der Waals surface area contributed by atoms with E-state index in [2.05, 4.69) is 6.92 Å². The van der Waals surface area contributed by atoms with Crippen molar-refractivity contribution in [2.45, 2.75) is 79.6 Å². The summed E-state index contributed by atoms with van der Waals surface area (Å²) < 4.78 is 0. The van der Waals surface area contributed by atoms with Crippen molar-refractivity contribution in [2.24, 2.45) is 0 Å². The van der Waals surface area contributed by atoms with E-state index in [0.717, 1.165) is 12.8 Å². The summed E-state index contributed by atoms with van der Waals surface area (Å²) in [6.07, 6.45) is 1.54. The van der Waals surface area contributed by atoms with Gasteiger partial charge in [-0.2, -0.15) is 0 Å². The minimum Gasteiger partial charge on any atom is -0.396 e. The molecule has 0 aliphatic rings. The van der Waals surface area contributed by atoms with Gasteiger partial charge in [0.05, 0.1) is 0 Å². The van der Waals surface area contributed by atoms with Gasteiger partial charge in [0.15, 0.2) is 0 Å². The fourth-order valence-electron chi connectivity index (χ4n) is 0.158. The third-order valence-electron chi connectivity index (χ3n) is 0.512. The van der Waals surface area contributed by atoms with E-state index in [1.807, 2.05) is 0 Å².